The van der Waals surface area contributed by atoms with Crippen LogP contribution in [-0.2, 0) is 12.8 Å². The number of aryl methyl sites for hydroxylation is 2. The summed E-state index contributed by atoms with van der Waals surface area (Å²) < 4.78 is 8.54. The topological polar surface area (TPSA) is 93.5 Å². The first kappa shape index (κ1) is 39.0. The van der Waals surface area contributed by atoms with Gasteiger partial charge in [-0.05, 0) is 124 Å². The Hall–Kier alpha value is -3.29. The number of hydrogen-bond donors (Lipinski definition) is 0. The number of halogens is 1. The van der Waals surface area contributed by atoms with Crippen LogP contribution in [0.3, 0.4) is 0 Å². The molecule has 11 nitrogen and oxygen atoms in total. The van der Waals surface area contributed by atoms with Crippen molar-refractivity contribution in [3.8, 4) is 0 Å². The first-order valence-corrected chi connectivity index (χ1v) is 22.2. The van der Waals surface area contributed by atoms with Gasteiger partial charge in [-0.15, -0.1) is 0 Å². The quantitative estimate of drug-likeness (QED) is 0.165. The second-order valence-corrected chi connectivity index (χ2v) is 17.4. The molecule has 8 rings (SSSR count). The summed E-state index contributed by atoms with van der Waals surface area (Å²) >= 11 is 8.81. The van der Waals surface area contributed by atoms with Crippen molar-refractivity contribution < 1.29 is 0 Å². The SMILES string of the molecule is CCc1ccc(N2CCC(C3CCN(c4nc(Cl)ns4)CC3)CC2)cn1.CCc1ccc(N2CCC(C3CCN(c4nc(N(C)C)ns4)CC3)CC2)cn1. The Morgan fingerprint density at radius 2 is 0.963 bits per heavy atom. The Balaban J connectivity index is 0.000000167. The Kier molecular flexibility index (Phi) is 13.4. The smallest absolute Gasteiger partial charge is 0.238 e. The maximum Gasteiger partial charge on any atom is 0.238 e. The summed E-state index contributed by atoms with van der Waals surface area (Å²) in [5, 5.41) is 2.44. The van der Waals surface area contributed by atoms with Crippen molar-refractivity contribution in [1.29, 1.82) is 0 Å². The zero-order chi connectivity index (χ0) is 37.4. The van der Waals surface area contributed by atoms with Gasteiger partial charge in [0.25, 0.3) is 0 Å². The summed E-state index contributed by atoms with van der Waals surface area (Å²) in [6.45, 7) is 13.4. The molecule has 0 radical (unpaired) electrons. The maximum absolute atomic E-state index is 5.86. The molecule has 0 spiro atoms. The minimum Gasteiger partial charge on any atom is -0.370 e. The van der Waals surface area contributed by atoms with E-state index >= 15 is 0 Å². The molecule has 4 aliphatic heterocycles. The molecule has 0 aromatic carbocycles. The van der Waals surface area contributed by atoms with Gasteiger partial charge in [-0.3, -0.25) is 9.97 Å². The molecule has 4 aromatic heterocycles. The van der Waals surface area contributed by atoms with Crippen LogP contribution < -0.4 is 24.5 Å². The van der Waals surface area contributed by atoms with Crippen LogP contribution in [0.4, 0.5) is 27.6 Å². The molecule has 54 heavy (non-hydrogen) atoms. The minimum atomic E-state index is 0.376. The molecule has 0 saturated carbocycles. The van der Waals surface area contributed by atoms with Gasteiger partial charge in [0, 0.05) is 101 Å². The van der Waals surface area contributed by atoms with Gasteiger partial charge >= 0.3 is 0 Å². The highest BCUT2D eigenvalue weighted by molar-refractivity contribution is 7.10. The summed E-state index contributed by atoms with van der Waals surface area (Å²) in [4.78, 5) is 29.9. The van der Waals surface area contributed by atoms with E-state index in [-0.39, 0.29) is 0 Å². The van der Waals surface area contributed by atoms with Crippen molar-refractivity contribution in [3.63, 3.8) is 0 Å². The van der Waals surface area contributed by atoms with E-state index in [2.05, 4.69) is 92.6 Å². The lowest BCUT2D eigenvalue weighted by atomic mass is 9.79. The Bertz CT molecular complexity index is 1700. The van der Waals surface area contributed by atoms with E-state index in [0.717, 1.165) is 92.0 Å². The van der Waals surface area contributed by atoms with Crippen LogP contribution in [0, 0.1) is 23.7 Å². The van der Waals surface area contributed by atoms with Crippen molar-refractivity contribution >= 4 is 62.3 Å². The van der Waals surface area contributed by atoms with E-state index in [1.165, 1.54) is 110 Å². The molecule has 14 heteroatoms. The molecule has 0 unspecified atom stereocenters. The van der Waals surface area contributed by atoms with E-state index in [9.17, 15) is 0 Å². The minimum absolute atomic E-state index is 0.376. The average Bonchev–Trinajstić information content (AvgIpc) is 3.92. The summed E-state index contributed by atoms with van der Waals surface area (Å²) in [7, 11) is 4.00. The van der Waals surface area contributed by atoms with Crippen molar-refractivity contribution in [2.24, 2.45) is 23.7 Å². The summed E-state index contributed by atoms with van der Waals surface area (Å²) in [6.07, 6.45) is 16.4. The van der Waals surface area contributed by atoms with Gasteiger partial charge < -0.3 is 24.5 Å². The largest absolute Gasteiger partial charge is 0.370 e. The lowest BCUT2D eigenvalue weighted by Crippen LogP contribution is -2.41. The monoisotopic (exact) mass is 791 g/mol. The molecule has 4 fully saturated rings. The fourth-order valence-corrected chi connectivity index (χ4v) is 10.5. The van der Waals surface area contributed by atoms with Crippen molar-refractivity contribution in [1.82, 2.24) is 28.7 Å². The summed E-state index contributed by atoms with van der Waals surface area (Å²) in [6, 6.07) is 8.82. The van der Waals surface area contributed by atoms with E-state index in [0.29, 0.717) is 5.28 Å². The lowest BCUT2D eigenvalue weighted by molar-refractivity contribution is 0.233. The number of piperidine rings is 4. The standard InChI is InChI=1S/C21H32N6S.C19H26ClN5S/c1-4-18-5-6-19(15-22-18)26-11-7-16(8-12-26)17-9-13-27(14-10-17)21-23-20(24-28-21)25(2)3;1-2-16-3-4-17(13-21-16)24-9-5-14(6-10-24)15-7-11-25(12-8-15)19-22-18(20)23-26-19/h5-6,15-17H,4,7-14H2,1-3H3;3-4,13-15H,2,5-12H2,1H3. The molecular formula is C40H58ClN11S2. The number of nitrogens with zero attached hydrogens (tertiary/aromatic N) is 11. The molecule has 0 N–H and O–H groups in total. The predicted molar refractivity (Wildman–Crippen MR) is 226 cm³/mol. The highest BCUT2D eigenvalue weighted by Gasteiger charge is 2.32. The van der Waals surface area contributed by atoms with Crippen LogP contribution in [0.2, 0.25) is 5.28 Å². The molecule has 4 saturated heterocycles. The van der Waals surface area contributed by atoms with Crippen LogP contribution in [-0.4, -0.2) is 95.1 Å². The number of anilines is 5. The molecular weight excluding hydrogens is 734 g/mol. The third-order valence-electron chi connectivity index (χ3n) is 12.3. The van der Waals surface area contributed by atoms with Crippen LogP contribution in [0.15, 0.2) is 36.7 Å². The fraction of sp³-hybridized carbons (Fsp3) is 0.650. The first-order valence-electron chi connectivity index (χ1n) is 20.3. The van der Waals surface area contributed by atoms with Crippen molar-refractivity contribution in [2.75, 3.05) is 91.0 Å². The maximum atomic E-state index is 5.86. The van der Waals surface area contributed by atoms with Crippen LogP contribution in [0.1, 0.15) is 76.6 Å². The Labute approximate surface area is 335 Å². The van der Waals surface area contributed by atoms with Gasteiger partial charge in [0.05, 0.1) is 23.8 Å². The predicted octanol–water partition coefficient (Wildman–Crippen LogP) is 7.98. The van der Waals surface area contributed by atoms with E-state index in [4.69, 9.17) is 11.6 Å². The Morgan fingerprint density at radius 1 is 0.574 bits per heavy atom. The molecule has 4 aliphatic rings. The van der Waals surface area contributed by atoms with Crippen molar-refractivity contribution in [3.05, 3.63) is 53.3 Å². The summed E-state index contributed by atoms with van der Waals surface area (Å²) in [5.41, 5.74) is 4.92. The van der Waals surface area contributed by atoms with Gasteiger partial charge in [-0.25, -0.2) is 0 Å². The van der Waals surface area contributed by atoms with E-state index in [1.807, 2.05) is 25.2 Å². The zero-order valence-electron chi connectivity index (χ0n) is 32.6. The van der Waals surface area contributed by atoms with Crippen LogP contribution in [0.25, 0.3) is 0 Å². The molecule has 8 heterocycles. The normalized spacial score (nSPS) is 19.6. The van der Waals surface area contributed by atoms with Gasteiger partial charge in [-0.2, -0.15) is 18.7 Å². The highest BCUT2D eigenvalue weighted by atomic mass is 35.5. The van der Waals surface area contributed by atoms with Gasteiger partial charge in [-0.1, -0.05) is 13.8 Å². The summed E-state index contributed by atoms with van der Waals surface area (Å²) in [5.74, 6) is 4.26. The van der Waals surface area contributed by atoms with Gasteiger partial charge in [0.15, 0.2) is 0 Å². The molecule has 0 bridgehead atoms. The molecule has 0 aliphatic carbocycles. The van der Waals surface area contributed by atoms with E-state index < -0.39 is 0 Å². The highest BCUT2D eigenvalue weighted by Crippen LogP contribution is 2.37. The molecule has 0 amide bonds. The first-order chi connectivity index (χ1) is 26.4. The molecule has 0 atom stereocenters. The number of hydrogen-bond acceptors (Lipinski definition) is 13. The average molecular weight is 793 g/mol. The molecule has 292 valence electrons. The van der Waals surface area contributed by atoms with Gasteiger partial charge in [0.1, 0.15) is 0 Å². The van der Waals surface area contributed by atoms with Gasteiger partial charge in [0.2, 0.25) is 21.5 Å². The number of aromatic nitrogens is 6. The molecule has 4 aromatic rings. The van der Waals surface area contributed by atoms with Crippen LogP contribution >= 0.6 is 34.7 Å². The third-order valence-corrected chi connectivity index (χ3v) is 14.1. The zero-order valence-corrected chi connectivity index (χ0v) is 35.0. The van der Waals surface area contributed by atoms with E-state index in [1.54, 1.807) is 0 Å². The third kappa shape index (κ3) is 9.74. The fourth-order valence-electron chi connectivity index (χ4n) is 8.85. The van der Waals surface area contributed by atoms with Crippen LogP contribution in [0.5, 0.6) is 0 Å². The lowest BCUT2D eigenvalue weighted by Gasteiger charge is -2.40. The number of pyridine rings is 2. The Morgan fingerprint density at radius 3 is 1.28 bits per heavy atom. The second-order valence-electron chi connectivity index (χ2n) is 15.6. The second kappa shape index (κ2) is 18.6. The number of rotatable bonds is 9. The van der Waals surface area contributed by atoms with Crippen molar-refractivity contribution in [2.45, 2.75) is 78.1 Å².